The highest BCUT2D eigenvalue weighted by atomic mass is 19.4. The third-order valence-corrected chi connectivity index (χ3v) is 4.16. The van der Waals surface area contributed by atoms with Gasteiger partial charge >= 0.3 is 12.1 Å². The van der Waals surface area contributed by atoms with Crippen LogP contribution < -0.4 is 4.74 Å². The van der Waals surface area contributed by atoms with Crippen molar-refractivity contribution in [3.63, 3.8) is 0 Å². The smallest absolute Gasteiger partial charge is 0.417 e. The molecule has 8 heteroatoms. The number of aromatic nitrogens is 2. The van der Waals surface area contributed by atoms with E-state index in [1.807, 2.05) is 13.8 Å². The molecular formula is C20H17F3N2O3. The fourth-order valence-corrected chi connectivity index (χ4v) is 3.00. The SMILES string of the molecule is CC.O=C(O)c1cccc2c1COc1cc(-c3ccccc3C(F)(F)F)nn1-2. The van der Waals surface area contributed by atoms with Crippen molar-refractivity contribution in [2.75, 3.05) is 0 Å². The number of carboxylic acid groups (broad SMARTS) is 1. The molecule has 0 atom stereocenters. The fraction of sp³-hybridized carbons (Fsp3) is 0.200. The van der Waals surface area contributed by atoms with Gasteiger partial charge < -0.3 is 9.84 Å². The Morgan fingerprint density at radius 1 is 1.14 bits per heavy atom. The van der Waals surface area contributed by atoms with E-state index in [-0.39, 0.29) is 29.3 Å². The molecular weight excluding hydrogens is 373 g/mol. The molecule has 0 radical (unpaired) electrons. The Bertz CT molecular complexity index is 1030. The zero-order valence-electron chi connectivity index (χ0n) is 15.1. The van der Waals surface area contributed by atoms with E-state index in [0.717, 1.165) is 6.07 Å². The van der Waals surface area contributed by atoms with Crippen LogP contribution in [0.5, 0.6) is 5.88 Å². The van der Waals surface area contributed by atoms with Crippen molar-refractivity contribution in [2.45, 2.75) is 26.6 Å². The van der Waals surface area contributed by atoms with Crippen LogP contribution in [0.15, 0.2) is 48.5 Å². The van der Waals surface area contributed by atoms with E-state index in [1.54, 1.807) is 12.1 Å². The third-order valence-electron chi connectivity index (χ3n) is 4.16. The minimum atomic E-state index is -4.52. The molecule has 3 aromatic rings. The number of ether oxygens (including phenoxy) is 1. The van der Waals surface area contributed by atoms with Gasteiger partial charge in [0.25, 0.3) is 0 Å². The normalized spacial score (nSPS) is 12.2. The van der Waals surface area contributed by atoms with E-state index in [2.05, 4.69) is 5.10 Å². The van der Waals surface area contributed by atoms with Crippen LogP contribution in [0.3, 0.4) is 0 Å². The number of carboxylic acids is 1. The van der Waals surface area contributed by atoms with Crippen LogP contribution in [0.1, 0.15) is 35.3 Å². The molecule has 1 N–H and O–H groups in total. The first-order chi connectivity index (χ1) is 13.4. The van der Waals surface area contributed by atoms with E-state index < -0.39 is 17.7 Å². The lowest BCUT2D eigenvalue weighted by Gasteiger charge is -2.20. The van der Waals surface area contributed by atoms with Gasteiger partial charge in [0, 0.05) is 17.2 Å². The molecule has 2 aromatic carbocycles. The highest BCUT2D eigenvalue weighted by molar-refractivity contribution is 5.90. The van der Waals surface area contributed by atoms with Crippen LogP contribution in [0.4, 0.5) is 13.2 Å². The average molecular weight is 390 g/mol. The van der Waals surface area contributed by atoms with E-state index in [1.165, 1.54) is 35.0 Å². The summed E-state index contributed by atoms with van der Waals surface area (Å²) in [5, 5.41) is 13.5. The van der Waals surface area contributed by atoms with Crippen LogP contribution in [0.2, 0.25) is 0 Å². The molecule has 2 heterocycles. The van der Waals surface area contributed by atoms with Gasteiger partial charge in [0.1, 0.15) is 6.61 Å². The molecule has 5 nitrogen and oxygen atoms in total. The Labute approximate surface area is 159 Å². The first kappa shape index (κ1) is 19.5. The topological polar surface area (TPSA) is 64.3 Å². The quantitative estimate of drug-likeness (QED) is 0.655. The maximum atomic E-state index is 13.3. The molecule has 0 amide bonds. The molecule has 0 fully saturated rings. The van der Waals surface area contributed by atoms with Gasteiger partial charge in [0.2, 0.25) is 5.88 Å². The molecule has 0 saturated heterocycles. The number of hydrogen-bond acceptors (Lipinski definition) is 3. The zero-order chi connectivity index (χ0) is 20.5. The number of alkyl halides is 3. The van der Waals surface area contributed by atoms with Crippen LogP contribution in [-0.2, 0) is 12.8 Å². The largest absolute Gasteiger partial charge is 0.478 e. The summed E-state index contributed by atoms with van der Waals surface area (Å²) in [6, 6.07) is 11.2. The highest BCUT2D eigenvalue weighted by Crippen LogP contribution is 2.39. The minimum Gasteiger partial charge on any atom is -0.478 e. The number of fused-ring (bicyclic) bond motifs is 3. The number of halogens is 3. The van der Waals surface area contributed by atoms with Gasteiger partial charge in [-0.3, -0.25) is 0 Å². The summed E-state index contributed by atoms with van der Waals surface area (Å²) in [7, 11) is 0. The van der Waals surface area contributed by atoms with Crippen LogP contribution in [0.25, 0.3) is 16.9 Å². The summed E-state index contributed by atoms with van der Waals surface area (Å²) in [5.41, 5.74) is 0.201. The molecule has 1 aliphatic rings. The molecule has 28 heavy (non-hydrogen) atoms. The summed E-state index contributed by atoms with van der Waals surface area (Å²) in [6.45, 7) is 4.00. The third kappa shape index (κ3) is 3.33. The summed E-state index contributed by atoms with van der Waals surface area (Å²) in [6.07, 6.45) is -4.52. The standard InChI is InChI=1S/C18H11F3N2O3.C2H6/c19-18(20,21)13-6-2-1-4-11(13)14-8-16-23(22-14)15-7-3-5-10(17(24)25)12(15)9-26-16;1-2/h1-8H,9H2,(H,24,25);1-2H3. The molecule has 1 aromatic heterocycles. The van der Waals surface area contributed by atoms with Crippen molar-refractivity contribution in [3.05, 3.63) is 65.2 Å². The van der Waals surface area contributed by atoms with Gasteiger partial charge in [-0.15, -0.1) is 0 Å². The molecule has 1 aliphatic heterocycles. The zero-order valence-corrected chi connectivity index (χ0v) is 15.1. The van der Waals surface area contributed by atoms with Crippen LogP contribution >= 0.6 is 0 Å². The van der Waals surface area contributed by atoms with Crippen LogP contribution in [-0.4, -0.2) is 20.9 Å². The Kier molecular flexibility index (Phi) is 5.13. The predicted octanol–water partition coefficient (Wildman–Crippen LogP) is 5.17. The Balaban J connectivity index is 0.00000109. The monoisotopic (exact) mass is 390 g/mol. The summed E-state index contributed by atoms with van der Waals surface area (Å²) >= 11 is 0. The van der Waals surface area contributed by atoms with E-state index in [9.17, 15) is 23.1 Å². The Hall–Kier alpha value is -3.29. The maximum Gasteiger partial charge on any atom is 0.417 e. The summed E-state index contributed by atoms with van der Waals surface area (Å²) in [5.74, 6) is -0.851. The molecule has 146 valence electrons. The first-order valence-corrected chi connectivity index (χ1v) is 8.61. The molecule has 0 saturated carbocycles. The lowest BCUT2D eigenvalue weighted by atomic mass is 10.0. The van der Waals surface area contributed by atoms with Gasteiger partial charge in [-0.05, 0) is 18.2 Å². The highest BCUT2D eigenvalue weighted by Gasteiger charge is 2.34. The number of aromatic carboxylic acids is 1. The van der Waals surface area contributed by atoms with Crippen molar-refractivity contribution < 1.29 is 27.8 Å². The van der Waals surface area contributed by atoms with E-state index in [4.69, 9.17) is 4.74 Å². The second-order valence-electron chi connectivity index (χ2n) is 5.72. The van der Waals surface area contributed by atoms with Crippen molar-refractivity contribution in [1.82, 2.24) is 9.78 Å². The molecule has 0 spiro atoms. The number of nitrogens with zero attached hydrogens (tertiary/aromatic N) is 2. The van der Waals surface area contributed by atoms with Crippen molar-refractivity contribution in [2.24, 2.45) is 0 Å². The predicted molar refractivity (Wildman–Crippen MR) is 96.6 cm³/mol. The van der Waals surface area contributed by atoms with Gasteiger partial charge in [0.05, 0.1) is 22.5 Å². The lowest BCUT2D eigenvalue weighted by Crippen LogP contribution is -2.16. The number of carbonyl (C=O) groups is 1. The molecule has 0 bridgehead atoms. The maximum absolute atomic E-state index is 13.3. The number of benzene rings is 2. The summed E-state index contributed by atoms with van der Waals surface area (Å²) < 4.78 is 46.7. The molecule has 0 aliphatic carbocycles. The summed E-state index contributed by atoms with van der Waals surface area (Å²) in [4.78, 5) is 11.4. The number of rotatable bonds is 2. The lowest BCUT2D eigenvalue weighted by molar-refractivity contribution is -0.137. The van der Waals surface area contributed by atoms with Gasteiger partial charge in [-0.2, -0.15) is 18.3 Å². The first-order valence-electron chi connectivity index (χ1n) is 8.61. The average Bonchev–Trinajstić information content (AvgIpc) is 3.13. The molecule has 0 unspecified atom stereocenters. The van der Waals surface area contributed by atoms with Gasteiger partial charge in [0.15, 0.2) is 0 Å². The van der Waals surface area contributed by atoms with Gasteiger partial charge in [-0.1, -0.05) is 38.1 Å². The van der Waals surface area contributed by atoms with E-state index >= 15 is 0 Å². The van der Waals surface area contributed by atoms with Crippen LogP contribution in [0, 0.1) is 0 Å². The molecule has 4 rings (SSSR count). The second-order valence-corrected chi connectivity index (χ2v) is 5.72. The van der Waals surface area contributed by atoms with Crippen molar-refractivity contribution >= 4 is 5.97 Å². The van der Waals surface area contributed by atoms with Crippen molar-refractivity contribution in [3.8, 4) is 22.8 Å². The number of hydrogen-bond donors (Lipinski definition) is 1. The second kappa shape index (κ2) is 7.38. The Morgan fingerprint density at radius 2 is 1.86 bits per heavy atom. The minimum absolute atomic E-state index is 0.00383. The van der Waals surface area contributed by atoms with Crippen molar-refractivity contribution in [1.29, 1.82) is 0 Å². The van der Waals surface area contributed by atoms with E-state index in [0.29, 0.717) is 11.3 Å². The fourth-order valence-electron chi connectivity index (χ4n) is 3.00. The Morgan fingerprint density at radius 3 is 2.54 bits per heavy atom. The van der Waals surface area contributed by atoms with Gasteiger partial charge in [-0.25, -0.2) is 9.48 Å².